The number of aromatic nitrogens is 1. The summed E-state index contributed by atoms with van der Waals surface area (Å²) in [7, 11) is 0. The van der Waals surface area contributed by atoms with Crippen LogP contribution >= 0.6 is 0 Å². The number of carbonyl (C=O) groups is 1. The zero-order valence-corrected chi connectivity index (χ0v) is 9.73. The zero-order chi connectivity index (χ0) is 11.5. The Hall–Kier alpha value is -1.42. The number of piperazine rings is 1. The van der Waals surface area contributed by atoms with E-state index in [0.717, 1.165) is 25.2 Å². The van der Waals surface area contributed by atoms with Crippen molar-refractivity contribution in [2.24, 2.45) is 0 Å². The molecule has 1 aromatic rings. The van der Waals surface area contributed by atoms with Crippen LogP contribution in [-0.2, 0) is 0 Å². The third-order valence-corrected chi connectivity index (χ3v) is 2.88. The number of pyridine rings is 1. The lowest BCUT2D eigenvalue weighted by atomic mass is 10.1. The van der Waals surface area contributed by atoms with Crippen LogP contribution in [0.2, 0.25) is 0 Å². The van der Waals surface area contributed by atoms with Gasteiger partial charge in [0.05, 0.1) is 5.56 Å². The van der Waals surface area contributed by atoms with Crippen LogP contribution in [0.5, 0.6) is 0 Å². The van der Waals surface area contributed by atoms with Gasteiger partial charge >= 0.3 is 0 Å². The average Bonchev–Trinajstić information content (AvgIpc) is 2.29. The molecule has 0 bridgehead atoms. The Balaban J connectivity index is 2.17. The molecule has 1 aromatic heterocycles. The van der Waals surface area contributed by atoms with Crippen LogP contribution in [0.4, 0.5) is 0 Å². The lowest BCUT2D eigenvalue weighted by Gasteiger charge is -2.34. The van der Waals surface area contributed by atoms with Gasteiger partial charge in [0.15, 0.2) is 0 Å². The summed E-state index contributed by atoms with van der Waals surface area (Å²) >= 11 is 0. The molecule has 2 heterocycles. The Labute approximate surface area is 95.7 Å². The topological polar surface area (TPSA) is 45.2 Å². The van der Waals surface area contributed by atoms with Crippen LogP contribution in [0.15, 0.2) is 18.5 Å². The molecule has 1 amide bonds. The summed E-state index contributed by atoms with van der Waals surface area (Å²) in [6.45, 7) is 6.52. The van der Waals surface area contributed by atoms with Crippen molar-refractivity contribution in [3.8, 4) is 0 Å². The predicted octanol–water partition coefficient (Wildman–Crippen LogP) is 0.824. The highest BCUT2D eigenvalue weighted by molar-refractivity contribution is 5.94. The highest BCUT2D eigenvalue weighted by Gasteiger charge is 2.23. The van der Waals surface area contributed by atoms with Gasteiger partial charge in [-0.15, -0.1) is 0 Å². The second-order valence-corrected chi connectivity index (χ2v) is 4.30. The van der Waals surface area contributed by atoms with Crippen molar-refractivity contribution in [3.63, 3.8) is 0 Å². The van der Waals surface area contributed by atoms with Gasteiger partial charge in [-0.2, -0.15) is 0 Å². The summed E-state index contributed by atoms with van der Waals surface area (Å²) in [6, 6.07) is 2.14. The maximum absolute atomic E-state index is 12.2. The minimum atomic E-state index is 0.0881. The van der Waals surface area contributed by atoms with E-state index in [0.29, 0.717) is 5.56 Å². The van der Waals surface area contributed by atoms with E-state index in [2.05, 4.69) is 17.2 Å². The molecule has 0 unspecified atom stereocenters. The monoisotopic (exact) mass is 219 g/mol. The van der Waals surface area contributed by atoms with Crippen LogP contribution in [-0.4, -0.2) is 41.5 Å². The SMILES string of the molecule is Cc1cncc(C(=O)N2CCNC[C@@H]2C)c1. The molecule has 1 saturated heterocycles. The van der Waals surface area contributed by atoms with Crippen LogP contribution in [0.1, 0.15) is 22.8 Å². The van der Waals surface area contributed by atoms with Gasteiger partial charge in [0.25, 0.3) is 5.91 Å². The van der Waals surface area contributed by atoms with E-state index in [9.17, 15) is 4.79 Å². The predicted molar refractivity (Wildman–Crippen MR) is 62.3 cm³/mol. The van der Waals surface area contributed by atoms with E-state index < -0.39 is 0 Å². The van der Waals surface area contributed by atoms with Gasteiger partial charge in [0.2, 0.25) is 0 Å². The number of carbonyl (C=O) groups excluding carboxylic acids is 1. The molecule has 86 valence electrons. The minimum absolute atomic E-state index is 0.0881. The van der Waals surface area contributed by atoms with Crippen molar-refractivity contribution in [2.45, 2.75) is 19.9 Å². The molecule has 0 saturated carbocycles. The first kappa shape index (κ1) is 11.1. The Kier molecular flexibility index (Phi) is 3.19. The number of hydrogen-bond donors (Lipinski definition) is 1. The normalized spacial score (nSPS) is 20.9. The van der Waals surface area contributed by atoms with E-state index >= 15 is 0 Å². The largest absolute Gasteiger partial charge is 0.333 e. The molecule has 4 nitrogen and oxygen atoms in total. The Bertz CT molecular complexity index is 392. The molecule has 1 fully saturated rings. The molecule has 0 radical (unpaired) electrons. The van der Waals surface area contributed by atoms with Gasteiger partial charge in [-0.25, -0.2) is 0 Å². The van der Waals surface area contributed by atoms with Crippen molar-refractivity contribution in [1.82, 2.24) is 15.2 Å². The molecule has 16 heavy (non-hydrogen) atoms. The first-order chi connectivity index (χ1) is 7.68. The Morgan fingerprint density at radius 1 is 1.56 bits per heavy atom. The summed E-state index contributed by atoms with van der Waals surface area (Å²) in [5.74, 6) is 0.0881. The van der Waals surface area contributed by atoms with Gasteiger partial charge in [0, 0.05) is 38.1 Å². The molecule has 0 spiro atoms. The smallest absolute Gasteiger partial charge is 0.255 e. The lowest BCUT2D eigenvalue weighted by molar-refractivity contribution is 0.0655. The van der Waals surface area contributed by atoms with Gasteiger partial charge < -0.3 is 10.2 Å². The third kappa shape index (κ3) is 2.22. The van der Waals surface area contributed by atoms with Crippen molar-refractivity contribution in [3.05, 3.63) is 29.6 Å². The fourth-order valence-corrected chi connectivity index (χ4v) is 1.98. The van der Waals surface area contributed by atoms with E-state index in [4.69, 9.17) is 0 Å². The standard InChI is InChI=1S/C12H17N3O/c1-9-5-11(8-14-6-9)12(16)15-4-3-13-7-10(15)2/h5-6,8,10,13H,3-4,7H2,1-2H3/t10-/m0/s1. The zero-order valence-electron chi connectivity index (χ0n) is 9.73. The molecular formula is C12H17N3O. The number of nitrogens with zero attached hydrogens (tertiary/aromatic N) is 2. The molecular weight excluding hydrogens is 202 g/mol. The van der Waals surface area contributed by atoms with Crippen LogP contribution in [0.25, 0.3) is 0 Å². The summed E-state index contributed by atoms with van der Waals surface area (Å²) in [5.41, 5.74) is 1.71. The highest BCUT2D eigenvalue weighted by atomic mass is 16.2. The molecule has 1 N–H and O–H groups in total. The quantitative estimate of drug-likeness (QED) is 0.760. The van der Waals surface area contributed by atoms with E-state index in [1.54, 1.807) is 12.4 Å². The fraction of sp³-hybridized carbons (Fsp3) is 0.500. The number of hydrogen-bond acceptors (Lipinski definition) is 3. The Morgan fingerprint density at radius 3 is 3.06 bits per heavy atom. The van der Waals surface area contributed by atoms with Crippen LogP contribution in [0.3, 0.4) is 0 Å². The summed E-state index contributed by atoms with van der Waals surface area (Å²) in [4.78, 5) is 18.2. The lowest BCUT2D eigenvalue weighted by Crippen LogP contribution is -2.52. The maximum atomic E-state index is 12.2. The molecule has 1 atom stereocenters. The molecule has 1 aliphatic rings. The average molecular weight is 219 g/mol. The fourth-order valence-electron chi connectivity index (χ4n) is 1.98. The van der Waals surface area contributed by atoms with Crippen molar-refractivity contribution in [1.29, 1.82) is 0 Å². The van der Waals surface area contributed by atoms with E-state index in [1.165, 1.54) is 0 Å². The first-order valence-corrected chi connectivity index (χ1v) is 5.62. The first-order valence-electron chi connectivity index (χ1n) is 5.62. The number of rotatable bonds is 1. The van der Waals surface area contributed by atoms with Gasteiger partial charge in [-0.1, -0.05) is 0 Å². The number of aryl methyl sites for hydroxylation is 1. The molecule has 2 rings (SSSR count). The van der Waals surface area contributed by atoms with E-state index in [1.807, 2.05) is 17.9 Å². The van der Waals surface area contributed by atoms with Crippen molar-refractivity contribution >= 4 is 5.91 Å². The number of nitrogens with one attached hydrogen (secondary N) is 1. The second-order valence-electron chi connectivity index (χ2n) is 4.30. The van der Waals surface area contributed by atoms with E-state index in [-0.39, 0.29) is 11.9 Å². The highest BCUT2D eigenvalue weighted by Crippen LogP contribution is 2.10. The van der Waals surface area contributed by atoms with Crippen molar-refractivity contribution in [2.75, 3.05) is 19.6 Å². The maximum Gasteiger partial charge on any atom is 0.255 e. The molecule has 0 aliphatic carbocycles. The summed E-state index contributed by atoms with van der Waals surface area (Å²) in [6.07, 6.45) is 3.40. The van der Waals surface area contributed by atoms with Crippen molar-refractivity contribution < 1.29 is 4.79 Å². The minimum Gasteiger partial charge on any atom is -0.333 e. The molecule has 4 heteroatoms. The van der Waals surface area contributed by atoms with Crippen LogP contribution < -0.4 is 5.32 Å². The second kappa shape index (κ2) is 4.61. The van der Waals surface area contributed by atoms with Gasteiger partial charge in [0.1, 0.15) is 0 Å². The molecule has 1 aliphatic heterocycles. The third-order valence-electron chi connectivity index (χ3n) is 2.88. The summed E-state index contributed by atoms with van der Waals surface area (Å²) < 4.78 is 0. The van der Waals surface area contributed by atoms with Crippen LogP contribution in [0, 0.1) is 6.92 Å². The van der Waals surface area contributed by atoms with Gasteiger partial charge in [-0.3, -0.25) is 9.78 Å². The Morgan fingerprint density at radius 2 is 2.38 bits per heavy atom. The number of amides is 1. The summed E-state index contributed by atoms with van der Waals surface area (Å²) in [5, 5.41) is 3.27. The molecule has 0 aromatic carbocycles. The van der Waals surface area contributed by atoms with Gasteiger partial charge in [-0.05, 0) is 25.5 Å².